The van der Waals surface area contributed by atoms with E-state index in [0.29, 0.717) is 35.6 Å². The number of carbonyl (C=O) groups excluding carboxylic acids is 1. The molecule has 184 valence electrons. The predicted octanol–water partition coefficient (Wildman–Crippen LogP) is 5.40. The Hall–Kier alpha value is -2.46. The van der Waals surface area contributed by atoms with E-state index in [1.807, 2.05) is 25.1 Å². The third-order valence-electron chi connectivity index (χ3n) is 5.88. The number of aryl methyl sites for hydroxylation is 1. The number of amides is 1. The number of hydrogen-bond donors (Lipinski definition) is 1. The van der Waals surface area contributed by atoms with Gasteiger partial charge in [-0.1, -0.05) is 60.1 Å². The van der Waals surface area contributed by atoms with E-state index >= 15 is 0 Å². The van der Waals surface area contributed by atoms with Crippen LogP contribution in [0.2, 0.25) is 5.02 Å². The molecule has 1 aromatic heterocycles. The lowest BCUT2D eigenvalue weighted by Crippen LogP contribution is -2.37. The molecule has 7 nitrogen and oxygen atoms in total. The van der Waals surface area contributed by atoms with Crippen molar-refractivity contribution in [1.82, 2.24) is 14.3 Å². The molecule has 4 rings (SSSR count). The highest BCUT2D eigenvalue weighted by Gasteiger charge is 2.28. The quantitative estimate of drug-likeness (QED) is 0.324. The first-order valence-corrected chi connectivity index (χ1v) is 14.1. The summed E-state index contributed by atoms with van der Waals surface area (Å²) in [5.74, 6) is 0.709. The third-order valence-corrected chi connectivity index (χ3v) is 9.00. The van der Waals surface area contributed by atoms with Gasteiger partial charge in [-0.25, -0.2) is 18.4 Å². The monoisotopic (exact) mass is 530 g/mol. The van der Waals surface area contributed by atoms with Crippen LogP contribution in [0, 0.1) is 12.8 Å². The number of thioether (sulfide) groups is 1. The summed E-state index contributed by atoms with van der Waals surface area (Å²) < 4.78 is 27.4. The highest BCUT2D eigenvalue weighted by Crippen LogP contribution is 2.26. The van der Waals surface area contributed by atoms with Crippen molar-refractivity contribution in [2.75, 3.05) is 18.4 Å². The van der Waals surface area contributed by atoms with Crippen molar-refractivity contribution < 1.29 is 13.2 Å². The van der Waals surface area contributed by atoms with Gasteiger partial charge in [-0.2, -0.15) is 4.31 Å². The van der Waals surface area contributed by atoms with Crippen LogP contribution in [0.25, 0.3) is 0 Å². The van der Waals surface area contributed by atoms with E-state index in [-0.39, 0.29) is 15.6 Å². The van der Waals surface area contributed by atoms with Crippen LogP contribution in [0.4, 0.5) is 5.69 Å². The van der Waals surface area contributed by atoms with Crippen molar-refractivity contribution in [1.29, 1.82) is 0 Å². The molecule has 1 fully saturated rings. The van der Waals surface area contributed by atoms with Gasteiger partial charge in [-0.3, -0.25) is 4.79 Å². The molecule has 1 N–H and O–H groups in total. The fourth-order valence-electron chi connectivity index (χ4n) is 3.80. The van der Waals surface area contributed by atoms with Crippen molar-refractivity contribution in [2.45, 2.75) is 42.5 Å². The van der Waals surface area contributed by atoms with Gasteiger partial charge in [-0.15, -0.1) is 0 Å². The zero-order chi connectivity index (χ0) is 25.0. The average molecular weight is 531 g/mol. The number of carbonyl (C=O) groups is 1. The molecular weight excluding hydrogens is 504 g/mol. The minimum Gasteiger partial charge on any atom is -0.321 e. The van der Waals surface area contributed by atoms with E-state index in [9.17, 15) is 13.2 Å². The number of sulfonamides is 1. The molecule has 2 aromatic carbocycles. The lowest BCUT2D eigenvalue weighted by atomic mass is 10.0. The summed E-state index contributed by atoms with van der Waals surface area (Å²) in [5, 5.41) is 3.32. The Kier molecular flexibility index (Phi) is 8.11. The second-order valence-electron chi connectivity index (χ2n) is 8.69. The van der Waals surface area contributed by atoms with Crippen molar-refractivity contribution in [3.63, 3.8) is 0 Å². The third kappa shape index (κ3) is 6.41. The average Bonchev–Trinajstić information content (AvgIpc) is 2.84. The van der Waals surface area contributed by atoms with Crippen molar-refractivity contribution in [3.8, 4) is 0 Å². The molecule has 0 radical (unpaired) electrons. The number of nitrogens with zero attached hydrogens (tertiary/aromatic N) is 3. The molecular formula is C25H27ClN4O3S2. The van der Waals surface area contributed by atoms with Gasteiger partial charge < -0.3 is 5.32 Å². The minimum atomic E-state index is -3.55. The van der Waals surface area contributed by atoms with Gasteiger partial charge in [0.15, 0.2) is 10.9 Å². The summed E-state index contributed by atoms with van der Waals surface area (Å²) in [7, 11) is -3.55. The molecule has 1 aliphatic rings. The number of piperidine rings is 1. The maximum atomic E-state index is 12.9. The van der Waals surface area contributed by atoms with E-state index in [1.165, 1.54) is 40.0 Å². The fourth-order valence-corrected chi connectivity index (χ4v) is 6.21. The van der Waals surface area contributed by atoms with Crippen LogP contribution in [0.15, 0.2) is 64.8 Å². The Labute approximate surface area is 215 Å². The number of hydrogen-bond acceptors (Lipinski definition) is 6. The minimum absolute atomic E-state index is 0.0625. The van der Waals surface area contributed by atoms with E-state index in [2.05, 4.69) is 28.3 Å². The molecule has 1 saturated heterocycles. The fraction of sp³-hybridized carbons (Fsp3) is 0.320. The normalized spacial score (nSPS) is 15.2. The molecule has 0 atom stereocenters. The smallest absolute Gasteiger partial charge is 0.275 e. The van der Waals surface area contributed by atoms with Gasteiger partial charge in [0.05, 0.1) is 16.1 Å². The van der Waals surface area contributed by atoms with Crippen LogP contribution in [-0.2, 0) is 15.8 Å². The summed E-state index contributed by atoms with van der Waals surface area (Å²) >= 11 is 7.61. The molecule has 2 heterocycles. The second-order valence-corrected chi connectivity index (χ2v) is 12.0. The Morgan fingerprint density at radius 1 is 1.17 bits per heavy atom. The number of benzene rings is 2. The van der Waals surface area contributed by atoms with Crippen LogP contribution >= 0.6 is 23.4 Å². The number of aromatic nitrogens is 2. The number of nitrogens with one attached hydrogen (secondary N) is 1. The Morgan fingerprint density at radius 3 is 2.57 bits per heavy atom. The molecule has 0 aliphatic carbocycles. The molecule has 35 heavy (non-hydrogen) atoms. The summed E-state index contributed by atoms with van der Waals surface area (Å²) in [4.78, 5) is 21.6. The molecule has 0 spiro atoms. The van der Waals surface area contributed by atoms with Crippen LogP contribution in [0.5, 0.6) is 0 Å². The standard InChI is InChI=1S/C25H27ClN4O3S2/c1-17-10-12-30(13-11-17)35(32,33)21-8-6-20(7-9-21)28-24(31)23-22(26)15-27-25(29-23)34-16-19-5-3-4-18(2)14-19/h3-9,14-15,17H,10-13,16H2,1-2H3,(H,28,31). The van der Waals surface area contributed by atoms with Gasteiger partial charge in [0.1, 0.15) is 0 Å². The van der Waals surface area contributed by atoms with E-state index < -0.39 is 15.9 Å². The number of anilines is 1. The summed E-state index contributed by atoms with van der Waals surface area (Å²) in [6.45, 7) is 5.22. The molecule has 10 heteroatoms. The summed E-state index contributed by atoms with van der Waals surface area (Å²) in [6.07, 6.45) is 3.13. The Bertz CT molecular complexity index is 1310. The molecule has 0 saturated carbocycles. The molecule has 0 unspecified atom stereocenters. The highest BCUT2D eigenvalue weighted by molar-refractivity contribution is 7.98. The molecule has 0 bridgehead atoms. The molecule has 1 aliphatic heterocycles. The number of rotatable bonds is 7. The first-order chi connectivity index (χ1) is 16.7. The van der Waals surface area contributed by atoms with Crippen LogP contribution < -0.4 is 5.32 Å². The Balaban J connectivity index is 1.42. The lowest BCUT2D eigenvalue weighted by Gasteiger charge is -2.29. The molecule has 3 aromatic rings. The number of halogens is 1. The van der Waals surface area contributed by atoms with Gasteiger partial charge in [-0.05, 0) is 55.5 Å². The predicted molar refractivity (Wildman–Crippen MR) is 139 cm³/mol. The van der Waals surface area contributed by atoms with E-state index in [1.54, 1.807) is 12.1 Å². The van der Waals surface area contributed by atoms with Crippen LogP contribution in [0.1, 0.15) is 41.4 Å². The van der Waals surface area contributed by atoms with Crippen molar-refractivity contribution >= 4 is 45.0 Å². The first-order valence-electron chi connectivity index (χ1n) is 11.3. The zero-order valence-electron chi connectivity index (χ0n) is 19.6. The SMILES string of the molecule is Cc1cccc(CSc2ncc(Cl)c(C(=O)Nc3ccc(S(=O)(=O)N4CCC(C)CC4)cc3)n2)c1. The first kappa shape index (κ1) is 25.6. The van der Waals surface area contributed by atoms with Crippen molar-refractivity contribution in [2.24, 2.45) is 5.92 Å². The second kappa shape index (κ2) is 11.1. The van der Waals surface area contributed by atoms with Crippen molar-refractivity contribution in [3.05, 3.63) is 76.6 Å². The van der Waals surface area contributed by atoms with Gasteiger partial charge in [0.25, 0.3) is 5.91 Å². The van der Waals surface area contributed by atoms with E-state index in [0.717, 1.165) is 18.4 Å². The summed E-state index contributed by atoms with van der Waals surface area (Å²) in [5.41, 5.74) is 2.82. The molecule has 1 amide bonds. The highest BCUT2D eigenvalue weighted by atomic mass is 35.5. The zero-order valence-corrected chi connectivity index (χ0v) is 22.0. The van der Waals surface area contributed by atoms with Gasteiger partial charge >= 0.3 is 0 Å². The Morgan fingerprint density at radius 2 is 1.89 bits per heavy atom. The topological polar surface area (TPSA) is 92.3 Å². The maximum absolute atomic E-state index is 12.9. The largest absolute Gasteiger partial charge is 0.321 e. The van der Waals surface area contributed by atoms with Crippen LogP contribution in [0.3, 0.4) is 0 Å². The van der Waals surface area contributed by atoms with Gasteiger partial charge in [0, 0.05) is 24.5 Å². The maximum Gasteiger partial charge on any atom is 0.275 e. The van der Waals surface area contributed by atoms with Crippen LogP contribution in [-0.4, -0.2) is 41.7 Å². The van der Waals surface area contributed by atoms with E-state index in [4.69, 9.17) is 11.6 Å². The lowest BCUT2D eigenvalue weighted by molar-refractivity contribution is 0.102. The summed E-state index contributed by atoms with van der Waals surface area (Å²) in [6, 6.07) is 14.3. The van der Waals surface area contributed by atoms with Gasteiger partial charge in [0.2, 0.25) is 10.0 Å².